The number of hydrogen-bond donors (Lipinski definition) is 2. The molecule has 1 aromatic carbocycles. The Morgan fingerprint density at radius 2 is 2.21 bits per heavy atom. The molecule has 0 bridgehead atoms. The molecule has 1 aromatic heterocycles. The molecule has 0 aliphatic carbocycles. The second-order valence-corrected chi connectivity index (χ2v) is 6.21. The molecule has 0 amide bonds. The van der Waals surface area contributed by atoms with E-state index in [-0.39, 0.29) is 0 Å². The Kier molecular flexibility index (Phi) is 4.96. The van der Waals surface area contributed by atoms with Gasteiger partial charge in [0.15, 0.2) is 5.13 Å². The van der Waals surface area contributed by atoms with Gasteiger partial charge < -0.3 is 10.6 Å². The molecule has 2 aromatic rings. The van der Waals surface area contributed by atoms with Crippen molar-refractivity contribution in [1.82, 2.24) is 10.3 Å². The third kappa shape index (κ3) is 3.78. The predicted octanol–water partition coefficient (Wildman–Crippen LogP) is 4.63. The van der Waals surface area contributed by atoms with Crippen LogP contribution in [-0.2, 0) is 0 Å². The van der Waals surface area contributed by atoms with Gasteiger partial charge in [0.1, 0.15) is 0 Å². The fourth-order valence-electron chi connectivity index (χ4n) is 1.84. The lowest BCUT2D eigenvalue weighted by Crippen LogP contribution is -2.17. The van der Waals surface area contributed by atoms with Crippen LogP contribution in [0.3, 0.4) is 0 Å². The van der Waals surface area contributed by atoms with Crippen molar-refractivity contribution in [3.63, 3.8) is 0 Å². The Morgan fingerprint density at radius 3 is 2.89 bits per heavy atom. The predicted molar refractivity (Wildman–Crippen MR) is 86.4 cm³/mol. The number of nitrogens with zero attached hydrogens (tertiary/aromatic N) is 1. The maximum absolute atomic E-state index is 4.62. The number of anilines is 2. The molecule has 0 radical (unpaired) electrons. The van der Waals surface area contributed by atoms with Gasteiger partial charge in [0.2, 0.25) is 0 Å². The molecule has 0 spiro atoms. The van der Waals surface area contributed by atoms with Crippen LogP contribution < -0.4 is 10.6 Å². The molecule has 1 atom stereocenters. The van der Waals surface area contributed by atoms with Crippen LogP contribution in [0.1, 0.15) is 31.1 Å². The van der Waals surface area contributed by atoms with Crippen LogP contribution in [0.4, 0.5) is 10.8 Å². The standard InChI is InChI=1S/C14H18BrN3S/c1-4-16-10(3)13-8-19-14(18-13)17-12-6-5-11(15)7-9(12)2/h5-8,10,16H,4H2,1-3H3,(H,17,18). The Hall–Kier alpha value is -0.910. The summed E-state index contributed by atoms with van der Waals surface area (Å²) in [6, 6.07) is 6.49. The molecule has 0 saturated carbocycles. The van der Waals surface area contributed by atoms with Gasteiger partial charge in [-0.1, -0.05) is 22.9 Å². The van der Waals surface area contributed by atoms with E-state index in [0.717, 1.165) is 27.5 Å². The molecule has 5 heteroatoms. The summed E-state index contributed by atoms with van der Waals surface area (Å²) in [5.41, 5.74) is 3.38. The van der Waals surface area contributed by atoms with E-state index in [1.54, 1.807) is 11.3 Å². The molecule has 0 fully saturated rings. The van der Waals surface area contributed by atoms with Gasteiger partial charge in [0.05, 0.1) is 5.69 Å². The number of nitrogens with one attached hydrogen (secondary N) is 2. The van der Waals surface area contributed by atoms with Gasteiger partial charge in [0, 0.05) is 21.6 Å². The van der Waals surface area contributed by atoms with Crippen molar-refractivity contribution in [1.29, 1.82) is 0 Å². The summed E-state index contributed by atoms with van der Waals surface area (Å²) in [4.78, 5) is 4.62. The second kappa shape index (κ2) is 6.50. The molecule has 1 heterocycles. The maximum atomic E-state index is 4.62. The summed E-state index contributed by atoms with van der Waals surface area (Å²) in [6.45, 7) is 7.27. The Morgan fingerprint density at radius 1 is 1.42 bits per heavy atom. The molecule has 102 valence electrons. The van der Waals surface area contributed by atoms with Crippen molar-refractivity contribution in [2.75, 3.05) is 11.9 Å². The van der Waals surface area contributed by atoms with Gasteiger partial charge in [-0.15, -0.1) is 11.3 Å². The number of aromatic nitrogens is 1. The fourth-order valence-corrected chi connectivity index (χ4v) is 3.13. The van der Waals surface area contributed by atoms with Crippen molar-refractivity contribution >= 4 is 38.1 Å². The van der Waals surface area contributed by atoms with Crippen LogP contribution in [0.25, 0.3) is 0 Å². The normalized spacial score (nSPS) is 12.4. The summed E-state index contributed by atoms with van der Waals surface area (Å²) in [5, 5.41) is 9.78. The highest BCUT2D eigenvalue weighted by Gasteiger charge is 2.09. The van der Waals surface area contributed by atoms with Gasteiger partial charge in [-0.05, 0) is 44.2 Å². The number of hydrogen-bond acceptors (Lipinski definition) is 4. The Labute approximate surface area is 126 Å². The summed E-state index contributed by atoms with van der Waals surface area (Å²) in [5.74, 6) is 0. The molecular weight excluding hydrogens is 322 g/mol. The first kappa shape index (κ1) is 14.5. The monoisotopic (exact) mass is 339 g/mol. The second-order valence-electron chi connectivity index (χ2n) is 4.44. The van der Waals surface area contributed by atoms with Gasteiger partial charge in [0.25, 0.3) is 0 Å². The minimum absolute atomic E-state index is 0.294. The van der Waals surface area contributed by atoms with E-state index in [2.05, 4.69) is 69.8 Å². The first-order chi connectivity index (χ1) is 9.10. The molecule has 0 saturated heterocycles. The molecule has 19 heavy (non-hydrogen) atoms. The lowest BCUT2D eigenvalue weighted by atomic mass is 10.2. The van der Waals surface area contributed by atoms with E-state index in [9.17, 15) is 0 Å². The van der Waals surface area contributed by atoms with E-state index >= 15 is 0 Å². The smallest absolute Gasteiger partial charge is 0.187 e. The van der Waals surface area contributed by atoms with Crippen molar-refractivity contribution < 1.29 is 0 Å². The summed E-state index contributed by atoms with van der Waals surface area (Å²) >= 11 is 5.11. The molecule has 0 aliphatic heterocycles. The van der Waals surface area contributed by atoms with E-state index in [1.807, 2.05) is 6.07 Å². The van der Waals surface area contributed by atoms with Crippen molar-refractivity contribution in [3.8, 4) is 0 Å². The molecule has 2 N–H and O–H groups in total. The topological polar surface area (TPSA) is 37.0 Å². The largest absolute Gasteiger partial charge is 0.331 e. The zero-order chi connectivity index (χ0) is 13.8. The average molecular weight is 340 g/mol. The zero-order valence-electron chi connectivity index (χ0n) is 11.3. The van der Waals surface area contributed by atoms with Crippen LogP contribution in [0, 0.1) is 6.92 Å². The maximum Gasteiger partial charge on any atom is 0.187 e. The highest BCUT2D eigenvalue weighted by atomic mass is 79.9. The highest BCUT2D eigenvalue weighted by Crippen LogP contribution is 2.27. The van der Waals surface area contributed by atoms with Crippen molar-refractivity contribution in [2.45, 2.75) is 26.8 Å². The summed E-state index contributed by atoms with van der Waals surface area (Å²) < 4.78 is 1.09. The van der Waals surface area contributed by atoms with E-state index in [1.165, 1.54) is 5.56 Å². The Balaban J connectivity index is 2.11. The number of rotatable bonds is 5. The zero-order valence-corrected chi connectivity index (χ0v) is 13.7. The average Bonchev–Trinajstić information content (AvgIpc) is 2.82. The molecular formula is C14H18BrN3S. The van der Waals surface area contributed by atoms with Crippen LogP contribution in [0.5, 0.6) is 0 Å². The van der Waals surface area contributed by atoms with E-state index in [4.69, 9.17) is 0 Å². The first-order valence-electron chi connectivity index (χ1n) is 6.32. The third-order valence-corrected chi connectivity index (χ3v) is 4.18. The summed E-state index contributed by atoms with van der Waals surface area (Å²) in [6.07, 6.45) is 0. The molecule has 3 nitrogen and oxygen atoms in total. The third-order valence-electron chi connectivity index (χ3n) is 2.91. The summed E-state index contributed by atoms with van der Waals surface area (Å²) in [7, 11) is 0. The minimum atomic E-state index is 0.294. The number of aryl methyl sites for hydroxylation is 1. The van der Waals surface area contributed by atoms with Gasteiger partial charge in [-0.25, -0.2) is 4.98 Å². The number of halogens is 1. The minimum Gasteiger partial charge on any atom is -0.331 e. The van der Waals surface area contributed by atoms with Crippen LogP contribution in [0.15, 0.2) is 28.1 Å². The van der Waals surface area contributed by atoms with Gasteiger partial charge >= 0.3 is 0 Å². The molecule has 0 aliphatic rings. The van der Waals surface area contributed by atoms with Crippen molar-refractivity contribution in [3.05, 3.63) is 39.3 Å². The lowest BCUT2D eigenvalue weighted by Gasteiger charge is -2.09. The van der Waals surface area contributed by atoms with E-state index < -0.39 is 0 Å². The first-order valence-corrected chi connectivity index (χ1v) is 7.99. The number of benzene rings is 1. The molecule has 2 rings (SSSR count). The van der Waals surface area contributed by atoms with Gasteiger partial charge in [-0.2, -0.15) is 0 Å². The quantitative estimate of drug-likeness (QED) is 0.833. The molecule has 1 unspecified atom stereocenters. The van der Waals surface area contributed by atoms with E-state index in [0.29, 0.717) is 6.04 Å². The SMILES string of the molecule is CCNC(C)c1csc(Nc2ccc(Br)cc2C)n1. The highest BCUT2D eigenvalue weighted by molar-refractivity contribution is 9.10. The van der Waals surface area contributed by atoms with Gasteiger partial charge in [-0.3, -0.25) is 0 Å². The number of thiazole rings is 1. The van der Waals surface area contributed by atoms with Crippen LogP contribution >= 0.6 is 27.3 Å². The van der Waals surface area contributed by atoms with Crippen LogP contribution in [0.2, 0.25) is 0 Å². The Bertz CT molecular complexity index is 553. The van der Waals surface area contributed by atoms with Crippen molar-refractivity contribution in [2.24, 2.45) is 0 Å². The van der Waals surface area contributed by atoms with Crippen LogP contribution in [-0.4, -0.2) is 11.5 Å². The fraction of sp³-hybridized carbons (Fsp3) is 0.357. The lowest BCUT2D eigenvalue weighted by molar-refractivity contribution is 0.587.